The molecule has 4 amide bonds. The number of imide groups is 2. The Balaban J connectivity index is 1.18. The van der Waals surface area contributed by atoms with Crippen molar-refractivity contribution in [2.45, 2.75) is 26.1 Å². The van der Waals surface area contributed by atoms with Crippen LogP contribution in [0, 0.1) is 47.3 Å². The topological polar surface area (TPSA) is 134 Å². The lowest BCUT2D eigenvalue weighted by Gasteiger charge is -2.22. The maximum atomic E-state index is 13.1. The van der Waals surface area contributed by atoms with E-state index in [4.69, 9.17) is 9.68 Å². The molecule has 2 saturated heterocycles. The van der Waals surface area contributed by atoms with Gasteiger partial charge in [0.15, 0.2) is 11.5 Å². The van der Waals surface area contributed by atoms with Crippen LogP contribution in [0.5, 0.6) is 11.5 Å². The molecule has 0 radical (unpaired) electrons. The number of fused-ring (bicyclic) bond motifs is 10. The molecule has 2 aliphatic heterocycles. The van der Waals surface area contributed by atoms with Gasteiger partial charge in [-0.15, -0.1) is 10.1 Å². The Kier molecular flexibility index (Phi) is 4.53. The zero-order valence-electron chi connectivity index (χ0n) is 19.1. The van der Waals surface area contributed by atoms with Gasteiger partial charge in [0.25, 0.3) is 23.6 Å². The van der Waals surface area contributed by atoms with E-state index >= 15 is 0 Å². The van der Waals surface area contributed by atoms with Crippen molar-refractivity contribution in [2.24, 2.45) is 47.3 Å². The van der Waals surface area contributed by atoms with Gasteiger partial charge in [0.1, 0.15) is 0 Å². The molecule has 4 unspecified atom stereocenters. The molecule has 1 aromatic rings. The van der Waals surface area contributed by atoms with Crippen LogP contribution in [0.3, 0.4) is 0 Å². The van der Waals surface area contributed by atoms with Crippen LogP contribution in [0.1, 0.15) is 24.0 Å². The molecule has 10 heteroatoms. The van der Waals surface area contributed by atoms with E-state index in [9.17, 15) is 29.4 Å². The Labute approximate surface area is 205 Å². The Morgan fingerprint density at radius 2 is 0.944 bits per heavy atom. The van der Waals surface area contributed by atoms with Gasteiger partial charge in [0.05, 0.1) is 36.9 Å². The second kappa shape index (κ2) is 7.50. The lowest BCUT2D eigenvalue weighted by atomic mass is 9.85. The van der Waals surface area contributed by atoms with Crippen LogP contribution in [0.2, 0.25) is 0 Å². The molecule has 186 valence electrons. The summed E-state index contributed by atoms with van der Waals surface area (Å²) in [5.74, 6) is -3.59. The van der Waals surface area contributed by atoms with Crippen LogP contribution < -0.4 is 9.68 Å². The molecule has 2 N–H and O–H groups in total. The Morgan fingerprint density at radius 1 is 0.611 bits per heavy atom. The highest BCUT2D eigenvalue weighted by Gasteiger charge is 2.62. The monoisotopic (exact) mass is 492 g/mol. The fraction of sp³-hybridized carbons (Fsp3) is 0.462. The third kappa shape index (κ3) is 2.74. The molecule has 2 saturated carbocycles. The second-order valence-corrected chi connectivity index (χ2v) is 10.5. The molecule has 4 aliphatic carbocycles. The fourth-order valence-corrected chi connectivity index (χ4v) is 7.20. The van der Waals surface area contributed by atoms with E-state index in [1.54, 1.807) is 0 Å². The normalized spacial score (nSPS) is 37.1. The number of aliphatic hydroxyl groups excluding tert-OH is 2. The molecule has 7 rings (SSSR count). The van der Waals surface area contributed by atoms with E-state index in [1.165, 1.54) is 12.1 Å². The van der Waals surface area contributed by atoms with Crippen molar-refractivity contribution in [2.75, 3.05) is 0 Å². The van der Waals surface area contributed by atoms with Crippen LogP contribution >= 0.6 is 0 Å². The van der Waals surface area contributed by atoms with Gasteiger partial charge in [0.2, 0.25) is 0 Å². The van der Waals surface area contributed by atoms with Crippen molar-refractivity contribution in [1.82, 2.24) is 10.1 Å². The molecule has 6 aliphatic rings. The van der Waals surface area contributed by atoms with Crippen LogP contribution in [-0.2, 0) is 32.4 Å². The van der Waals surface area contributed by atoms with Crippen molar-refractivity contribution >= 4 is 23.6 Å². The van der Waals surface area contributed by atoms with Crippen LogP contribution in [0.15, 0.2) is 36.4 Å². The first kappa shape index (κ1) is 21.8. The first-order valence-corrected chi connectivity index (χ1v) is 12.3. The van der Waals surface area contributed by atoms with Gasteiger partial charge < -0.3 is 19.9 Å². The van der Waals surface area contributed by atoms with Crippen LogP contribution in [-0.4, -0.2) is 44.0 Å². The van der Waals surface area contributed by atoms with Gasteiger partial charge >= 0.3 is 0 Å². The lowest BCUT2D eigenvalue weighted by Crippen LogP contribution is -2.37. The summed E-state index contributed by atoms with van der Waals surface area (Å²) in [5.41, 5.74) is 0.423. The molecular weight excluding hydrogens is 468 g/mol. The predicted octanol–water partition coefficient (Wildman–Crippen LogP) is 0.873. The Bertz CT molecular complexity index is 1130. The number of carbonyl (C=O) groups is 4. The Hall–Kier alpha value is -3.50. The van der Waals surface area contributed by atoms with Gasteiger partial charge in [-0.2, -0.15) is 0 Å². The SMILES string of the molecule is O=C1C2C(C(=O)N1Oc1cc(ON3C(=O)C4C(C3=O)[C@H]3C=C[C@@H]4C3)c(CO)cc1CO)[C@H]1C=C[C@@H]2C1. The van der Waals surface area contributed by atoms with E-state index in [-0.39, 0.29) is 46.3 Å². The summed E-state index contributed by atoms with van der Waals surface area (Å²) in [6.45, 7) is -1.00. The van der Waals surface area contributed by atoms with Crippen LogP contribution in [0.4, 0.5) is 0 Å². The summed E-state index contributed by atoms with van der Waals surface area (Å²) in [5, 5.41) is 21.3. The first-order valence-electron chi connectivity index (χ1n) is 12.3. The predicted molar refractivity (Wildman–Crippen MR) is 119 cm³/mol. The molecule has 10 nitrogen and oxygen atoms in total. The zero-order valence-corrected chi connectivity index (χ0v) is 19.1. The van der Waals surface area contributed by atoms with Gasteiger partial charge in [0, 0.05) is 17.2 Å². The number of rotatable bonds is 6. The minimum Gasteiger partial charge on any atom is -0.392 e. The van der Waals surface area contributed by atoms with Crippen molar-refractivity contribution in [3.8, 4) is 11.5 Å². The fourth-order valence-electron chi connectivity index (χ4n) is 7.20. The number of nitrogens with zero attached hydrogens (tertiary/aromatic N) is 2. The summed E-state index contributed by atoms with van der Waals surface area (Å²) in [7, 11) is 0. The molecule has 4 bridgehead atoms. The lowest BCUT2D eigenvalue weighted by molar-refractivity contribution is -0.167. The molecule has 1 aromatic carbocycles. The number of amides is 4. The van der Waals surface area contributed by atoms with Crippen molar-refractivity contribution < 1.29 is 39.1 Å². The van der Waals surface area contributed by atoms with E-state index in [2.05, 4.69) is 0 Å². The largest absolute Gasteiger partial charge is 0.392 e. The number of carbonyl (C=O) groups excluding carboxylic acids is 4. The van der Waals surface area contributed by atoms with Gasteiger partial charge in [-0.1, -0.05) is 24.3 Å². The number of allylic oxidation sites excluding steroid dienone is 4. The molecule has 0 spiro atoms. The number of hydrogen-bond acceptors (Lipinski definition) is 8. The standard InChI is InChI=1S/C26H24N2O8/c29-9-15-7-16(10-30)18(36-28-25(33)21-13-3-4-14(6-13)22(21)26(28)34)8-17(15)35-27-23(31)19-11-1-2-12(5-11)20(19)24(27)32/h1-4,7-8,11-14,19-22,29-30H,5-6,9-10H2/t11-,12+,13-,14+,19?,20?,21?,22?. The smallest absolute Gasteiger partial charge is 0.267 e. The summed E-state index contributed by atoms with van der Waals surface area (Å²) >= 11 is 0. The maximum absolute atomic E-state index is 13.1. The van der Waals surface area contributed by atoms with E-state index in [0.29, 0.717) is 0 Å². The third-order valence-corrected chi connectivity index (χ3v) is 8.82. The van der Waals surface area contributed by atoms with Gasteiger partial charge in [-0.25, -0.2) is 0 Å². The average Bonchev–Trinajstić information content (AvgIpc) is 3.72. The minimum absolute atomic E-state index is 0.00875. The highest BCUT2D eigenvalue weighted by atomic mass is 16.7. The summed E-state index contributed by atoms with van der Waals surface area (Å²) < 4.78 is 0. The van der Waals surface area contributed by atoms with Crippen molar-refractivity contribution in [1.29, 1.82) is 0 Å². The number of hydrogen-bond donors (Lipinski definition) is 2. The van der Waals surface area contributed by atoms with E-state index in [0.717, 1.165) is 23.0 Å². The zero-order chi connectivity index (χ0) is 24.9. The van der Waals surface area contributed by atoms with E-state index in [1.807, 2.05) is 24.3 Å². The molecular formula is C26H24N2O8. The van der Waals surface area contributed by atoms with Crippen molar-refractivity contribution in [3.63, 3.8) is 0 Å². The van der Waals surface area contributed by atoms with Gasteiger partial charge in [-0.05, 0) is 42.6 Å². The summed E-state index contributed by atoms with van der Waals surface area (Å²) in [6, 6.07) is 2.69. The maximum Gasteiger partial charge on any atom is 0.267 e. The van der Waals surface area contributed by atoms with Crippen molar-refractivity contribution in [3.05, 3.63) is 47.6 Å². The average molecular weight is 492 g/mol. The Morgan fingerprint density at radius 3 is 1.25 bits per heavy atom. The quantitative estimate of drug-likeness (QED) is 0.442. The summed E-state index contributed by atoms with van der Waals surface area (Å²) in [6.07, 6.45) is 9.46. The second-order valence-electron chi connectivity index (χ2n) is 10.5. The highest BCUT2D eigenvalue weighted by Crippen LogP contribution is 2.54. The summed E-state index contributed by atoms with van der Waals surface area (Å²) in [4.78, 5) is 63.7. The van der Waals surface area contributed by atoms with Gasteiger partial charge in [-0.3, -0.25) is 19.2 Å². The minimum atomic E-state index is -0.501. The molecule has 0 aromatic heterocycles. The van der Waals surface area contributed by atoms with Crippen LogP contribution in [0.25, 0.3) is 0 Å². The van der Waals surface area contributed by atoms with E-state index < -0.39 is 60.5 Å². The molecule has 8 atom stereocenters. The molecule has 36 heavy (non-hydrogen) atoms. The third-order valence-electron chi connectivity index (χ3n) is 8.82. The molecule has 2 heterocycles. The number of benzene rings is 1. The first-order chi connectivity index (χ1) is 17.4. The number of hydroxylamine groups is 4. The molecule has 4 fully saturated rings. The highest BCUT2D eigenvalue weighted by molar-refractivity contribution is 6.06. The number of aliphatic hydroxyl groups is 2.